The third-order valence-electron chi connectivity index (χ3n) is 17.4. The molecule has 3 aliphatic heterocycles. The Kier molecular flexibility index (Phi) is 26.1. The fraction of sp³-hybridized carbons (Fsp3) is 0.361. The molecule has 3 saturated heterocycles. The van der Waals surface area contributed by atoms with Gasteiger partial charge in [-0.2, -0.15) is 15.0 Å². The van der Waals surface area contributed by atoms with Crippen molar-refractivity contribution < 1.29 is 41.2 Å². The number of morpholine rings is 1. The van der Waals surface area contributed by atoms with E-state index in [9.17, 15) is 17.5 Å². The first kappa shape index (κ1) is 76.4. The molecule has 542 valence electrons. The Morgan fingerprint density at radius 1 is 0.539 bits per heavy atom. The number of methoxy groups -OCH3 is 3. The van der Waals surface area contributed by atoms with Crippen LogP contribution >= 0.6 is 49.1 Å². The van der Waals surface area contributed by atoms with Crippen LogP contribution in [0.1, 0.15) is 39.5 Å². The summed E-state index contributed by atoms with van der Waals surface area (Å²) in [5.41, 5.74) is 5.66. The third kappa shape index (κ3) is 20.4. The smallest absolute Gasteiger partial charge is 0.243 e. The molecule has 0 bridgehead atoms. The molecule has 0 saturated carbocycles. The molecule has 3 aromatic heterocycles. The van der Waals surface area contributed by atoms with Crippen molar-refractivity contribution in [1.29, 1.82) is 0 Å². The quantitative estimate of drug-likeness (QED) is 0.0395. The predicted octanol–water partition coefficient (Wildman–Crippen LogP) is 14.5. The topological polar surface area (TPSA) is 265 Å². The van der Waals surface area contributed by atoms with E-state index in [1.807, 2.05) is 84.9 Å². The Morgan fingerprint density at radius 3 is 1.69 bits per heavy atom. The zero-order chi connectivity index (χ0) is 72.7. The minimum absolute atomic E-state index is 0.170. The van der Waals surface area contributed by atoms with Gasteiger partial charge in [0.25, 0.3) is 0 Å². The Hall–Kier alpha value is -8.22. The van der Waals surface area contributed by atoms with Gasteiger partial charge in [-0.25, -0.2) is 23.4 Å². The van der Waals surface area contributed by atoms with E-state index in [4.69, 9.17) is 58.5 Å². The Morgan fingerprint density at radius 2 is 1.07 bits per heavy atom. The fourth-order valence-electron chi connectivity index (χ4n) is 11.5. The van der Waals surface area contributed by atoms with E-state index < -0.39 is 29.4 Å². The zero-order valence-corrected chi connectivity index (χ0v) is 63.8. The van der Waals surface area contributed by atoms with Gasteiger partial charge in [0.2, 0.25) is 23.7 Å². The molecule has 3 fully saturated rings. The summed E-state index contributed by atoms with van der Waals surface area (Å²) >= 11 is 19.0. The van der Waals surface area contributed by atoms with Crippen molar-refractivity contribution in [3.8, 4) is 28.9 Å². The molecule has 4 aliphatic rings. The molecule has 8 aromatic rings. The summed E-state index contributed by atoms with van der Waals surface area (Å²) in [5, 5.41) is 17.7. The number of ether oxygens (including phenoxy) is 5. The lowest BCUT2D eigenvalue weighted by Crippen LogP contribution is -2.52. The molecule has 0 unspecified atom stereocenters. The van der Waals surface area contributed by atoms with Crippen molar-refractivity contribution >= 4 is 133 Å². The molecule has 0 spiro atoms. The van der Waals surface area contributed by atoms with E-state index in [1.54, 1.807) is 92.3 Å². The van der Waals surface area contributed by atoms with Crippen LogP contribution in [0.4, 0.5) is 63.6 Å². The minimum Gasteiger partial charge on any atom is -0.495 e. The summed E-state index contributed by atoms with van der Waals surface area (Å²) in [6.45, 7) is 20.0. The lowest BCUT2D eigenvalue weighted by atomic mass is 10.0. The number of likely N-dealkylation sites (N-methyl/N-ethyl adjacent to an activating group) is 1. The summed E-state index contributed by atoms with van der Waals surface area (Å²) in [6, 6.07) is 34.9. The van der Waals surface area contributed by atoms with E-state index in [0.29, 0.717) is 93.2 Å². The molecule has 0 amide bonds. The first-order chi connectivity index (χ1) is 48.8. The molecule has 5 aromatic carbocycles. The number of para-hydroxylation sites is 1. The Balaban J connectivity index is 0.000000168. The van der Waals surface area contributed by atoms with Crippen LogP contribution in [0.2, 0.25) is 15.1 Å². The molecular weight excluding hydrogens is 1420 g/mol. The Bertz CT molecular complexity index is 4500. The monoisotopic (exact) mass is 1510 g/mol. The lowest BCUT2D eigenvalue weighted by molar-refractivity contribution is 0.0982. The number of rotatable bonds is 22. The molecule has 6 heterocycles. The van der Waals surface area contributed by atoms with Crippen molar-refractivity contribution in [2.45, 2.75) is 50.8 Å². The van der Waals surface area contributed by atoms with Gasteiger partial charge in [-0.3, -0.25) is 4.90 Å². The van der Waals surface area contributed by atoms with E-state index in [0.717, 1.165) is 85.2 Å². The predicted molar refractivity (Wildman–Crippen MR) is 415 cm³/mol. The van der Waals surface area contributed by atoms with Crippen LogP contribution < -0.4 is 65.9 Å². The first-order valence-electron chi connectivity index (χ1n) is 33.4. The number of nitrogens with zero attached hydrogens (tertiary/aromatic N) is 10. The normalized spacial score (nSPS) is 15.5. The number of anilines is 11. The third-order valence-corrected chi connectivity index (χ3v) is 23.4. The summed E-state index contributed by atoms with van der Waals surface area (Å²) < 4.78 is 78.5. The summed E-state index contributed by atoms with van der Waals surface area (Å²) in [7, 11) is -1.22. The number of piperidine rings is 1. The van der Waals surface area contributed by atoms with Crippen LogP contribution in [0.25, 0.3) is 0 Å². The minimum atomic E-state index is -3.41. The molecule has 102 heavy (non-hydrogen) atoms. The van der Waals surface area contributed by atoms with Gasteiger partial charge in [0.15, 0.2) is 33.0 Å². The SMILES string of the molecule is CC(C)S(=O)(=O)C1=CCCC=C1Nc1nc(Nc2ccccc2)ncc1Cl.COc1cc(N2CCC(N3CCN(C)CC3)CC2)ccc1Nc1ncc(Cl)c(Nc2cccc(P(C)(C)=O)c2)n1.COc1cc(P(C)(C)=O)ccc1Nc1ncc(Cl)c(Oc2ccc(N3CCOCC3)cc2OC)n1. The van der Waals surface area contributed by atoms with Gasteiger partial charge >= 0.3 is 0 Å². The highest BCUT2D eigenvalue weighted by molar-refractivity contribution is 7.96. The van der Waals surface area contributed by atoms with E-state index in [2.05, 4.69) is 95.3 Å². The van der Waals surface area contributed by atoms with Crippen LogP contribution in [-0.4, -0.2) is 180 Å². The fourth-order valence-corrected chi connectivity index (χ4v) is 15.0. The van der Waals surface area contributed by atoms with Gasteiger partial charge in [-0.1, -0.05) is 77.3 Å². The molecule has 0 atom stereocenters. The Labute approximate surface area is 612 Å². The number of piperazine rings is 1. The highest BCUT2D eigenvalue weighted by atomic mass is 35.5. The highest BCUT2D eigenvalue weighted by Crippen LogP contribution is 2.42. The maximum atomic E-state index is 12.7. The van der Waals surface area contributed by atoms with Gasteiger partial charge in [0, 0.05) is 104 Å². The van der Waals surface area contributed by atoms with Crippen LogP contribution in [0.15, 0.2) is 151 Å². The van der Waals surface area contributed by atoms with Gasteiger partial charge in [0.1, 0.15) is 40.9 Å². The number of benzene rings is 5. The van der Waals surface area contributed by atoms with Crippen LogP contribution in [0, 0.1) is 0 Å². The molecule has 24 nitrogen and oxygen atoms in total. The summed E-state index contributed by atoms with van der Waals surface area (Å²) in [4.78, 5) is 36.2. The number of aromatic nitrogens is 6. The lowest BCUT2D eigenvalue weighted by Gasteiger charge is -2.42. The molecule has 0 radical (unpaired) electrons. The number of allylic oxidation sites excluding steroid dienone is 2. The molecule has 12 rings (SSSR count). The van der Waals surface area contributed by atoms with E-state index in [1.165, 1.54) is 38.3 Å². The van der Waals surface area contributed by atoms with Crippen LogP contribution in [-0.2, 0) is 23.7 Å². The first-order valence-corrected chi connectivity index (χ1v) is 41.3. The number of hydrogen-bond donors (Lipinski definition) is 5. The van der Waals surface area contributed by atoms with Gasteiger partial charge in [-0.15, -0.1) is 0 Å². The number of nitrogens with one attached hydrogen (secondary N) is 5. The van der Waals surface area contributed by atoms with E-state index >= 15 is 0 Å². The largest absolute Gasteiger partial charge is 0.495 e. The van der Waals surface area contributed by atoms with Crippen LogP contribution in [0.5, 0.6) is 28.9 Å². The second-order valence-electron chi connectivity index (χ2n) is 25.6. The zero-order valence-electron chi connectivity index (χ0n) is 58.9. The van der Waals surface area contributed by atoms with Crippen molar-refractivity contribution in [3.63, 3.8) is 0 Å². The maximum Gasteiger partial charge on any atom is 0.243 e. The summed E-state index contributed by atoms with van der Waals surface area (Å²) in [5.74, 6) is 4.26. The molecule has 30 heteroatoms. The number of halogens is 3. The van der Waals surface area contributed by atoms with Crippen molar-refractivity contribution in [1.82, 2.24) is 39.7 Å². The maximum absolute atomic E-state index is 12.7. The van der Waals surface area contributed by atoms with Crippen molar-refractivity contribution in [2.75, 3.05) is 157 Å². The highest BCUT2D eigenvalue weighted by Gasteiger charge is 2.30. The molecule has 5 N–H and O–H groups in total. The number of hydrogen-bond acceptors (Lipinski definition) is 24. The van der Waals surface area contributed by atoms with Gasteiger partial charge in [0.05, 0.1) is 80.4 Å². The second-order valence-corrected chi connectivity index (χ2v) is 35.7. The van der Waals surface area contributed by atoms with Crippen molar-refractivity contribution in [3.05, 3.63) is 166 Å². The number of sulfone groups is 1. The molecular formula is C72H88Cl3N15O9P2S. The van der Waals surface area contributed by atoms with E-state index in [-0.39, 0.29) is 21.8 Å². The standard InChI is InChI=1S/C29H39ClN7O2P.C24H28ClN4O5P.C19H21ClN4O2S/c1-35-14-16-37(17-15-35)22-10-12-36(13-11-22)23-8-9-26(27(19-23)39-2)33-29-31-20-25(30)28(34-29)32-21-6-5-7-24(18-21)40(3,4)38;1-31-21-14-17(35(3,4)30)6-7-19(21)27-24-26-15-18(25)23(28-24)34-20-8-5-16(13-22(20)32-2)29-9-11-33-12-10-29;1-13(2)27(25,26)17-11-7-6-10-16(17)23-18-15(20)12-21-19(24-18)22-14-8-4-3-5-9-14/h5-9,18-20,22H,10-17H2,1-4H3,(H2,31,32,33,34);5-8,13-15H,9-12H2,1-4H3,(H,26,27,28);3-5,8-13H,6-7H2,1-2H3,(H2,21,22,23,24). The van der Waals surface area contributed by atoms with Crippen LogP contribution in [0.3, 0.4) is 0 Å². The average molecular weight is 1510 g/mol. The summed E-state index contributed by atoms with van der Waals surface area (Å²) in [6.07, 6.45) is 11.9. The average Bonchev–Trinajstić information content (AvgIpc) is 0.809. The van der Waals surface area contributed by atoms with Gasteiger partial charge < -0.3 is 74.1 Å². The molecule has 1 aliphatic carbocycles. The van der Waals surface area contributed by atoms with Gasteiger partial charge in [-0.05, 0) is 140 Å². The van der Waals surface area contributed by atoms with Crippen molar-refractivity contribution in [2.24, 2.45) is 0 Å². The second kappa shape index (κ2) is 34.8.